The molecule has 1 fully saturated rings. The lowest BCUT2D eigenvalue weighted by atomic mass is 10.0. The number of hydrogen-bond acceptors (Lipinski definition) is 8. The standard InChI is InChI=1S/C22H32N4O8/c1-11(27)17(24-19(30)15(23)10-13-5-7-14(29)8-6-13)20(31)25-18(12(2)28)21(32)26-9-3-4-16(26)22(33)34/h5-8,11-12,15-18,27-29H,3-4,9-10,23H2,1-2H3,(H,24,30)(H,25,31)(H,33,34). The van der Waals surface area contributed by atoms with Crippen LogP contribution in [0, 0.1) is 0 Å². The normalized spacial score (nSPS) is 20.0. The van der Waals surface area contributed by atoms with Crippen molar-refractivity contribution in [2.45, 2.75) is 69.5 Å². The molecule has 12 heteroatoms. The fourth-order valence-corrected chi connectivity index (χ4v) is 3.74. The molecule has 1 aliphatic heterocycles. The number of aromatic hydroxyl groups is 1. The molecule has 1 aromatic carbocycles. The first-order valence-corrected chi connectivity index (χ1v) is 11.0. The maximum Gasteiger partial charge on any atom is 0.326 e. The van der Waals surface area contributed by atoms with E-state index in [1.807, 2.05) is 0 Å². The fraction of sp³-hybridized carbons (Fsp3) is 0.545. The highest BCUT2D eigenvalue weighted by atomic mass is 16.4. The number of nitrogens with two attached hydrogens (primary N) is 1. The zero-order valence-corrected chi connectivity index (χ0v) is 19.0. The number of amides is 3. The van der Waals surface area contributed by atoms with E-state index < -0.39 is 60.1 Å². The first-order chi connectivity index (χ1) is 15.9. The number of nitrogens with zero attached hydrogens (tertiary/aromatic N) is 1. The van der Waals surface area contributed by atoms with Crippen molar-refractivity contribution in [3.63, 3.8) is 0 Å². The van der Waals surface area contributed by atoms with E-state index in [0.717, 1.165) is 4.90 Å². The third kappa shape index (κ3) is 6.89. The van der Waals surface area contributed by atoms with Gasteiger partial charge in [-0.05, 0) is 50.8 Å². The van der Waals surface area contributed by atoms with E-state index >= 15 is 0 Å². The number of likely N-dealkylation sites (tertiary alicyclic amines) is 1. The van der Waals surface area contributed by atoms with Crippen molar-refractivity contribution in [2.24, 2.45) is 5.73 Å². The number of carbonyl (C=O) groups is 4. The van der Waals surface area contributed by atoms with Gasteiger partial charge in [0.15, 0.2) is 0 Å². The predicted molar refractivity (Wildman–Crippen MR) is 119 cm³/mol. The summed E-state index contributed by atoms with van der Waals surface area (Å²) in [5, 5.41) is 43.5. The van der Waals surface area contributed by atoms with Crippen molar-refractivity contribution >= 4 is 23.7 Å². The maximum atomic E-state index is 12.9. The number of carboxylic acid groups (broad SMARTS) is 1. The molecule has 34 heavy (non-hydrogen) atoms. The minimum absolute atomic E-state index is 0.0541. The number of aliphatic hydroxyl groups excluding tert-OH is 2. The number of carboxylic acids is 1. The van der Waals surface area contributed by atoms with Gasteiger partial charge in [-0.1, -0.05) is 12.1 Å². The van der Waals surface area contributed by atoms with E-state index in [2.05, 4.69) is 10.6 Å². The smallest absolute Gasteiger partial charge is 0.326 e. The molecule has 188 valence electrons. The van der Waals surface area contributed by atoms with Gasteiger partial charge in [-0.3, -0.25) is 14.4 Å². The molecule has 6 unspecified atom stereocenters. The first kappa shape index (κ1) is 27.0. The summed E-state index contributed by atoms with van der Waals surface area (Å²) in [6.07, 6.45) is -1.91. The molecule has 0 saturated carbocycles. The lowest BCUT2D eigenvalue weighted by molar-refractivity contribution is -0.151. The summed E-state index contributed by atoms with van der Waals surface area (Å²) < 4.78 is 0. The Morgan fingerprint density at radius 2 is 1.59 bits per heavy atom. The molecule has 12 nitrogen and oxygen atoms in total. The Morgan fingerprint density at radius 3 is 2.12 bits per heavy atom. The monoisotopic (exact) mass is 480 g/mol. The average molecular weight is 481 g/mol. The molecule has 1 saturated heterocycles. The van der Waals surface area contributed by atoms with E-state index in [1.165, 1.54) is 26.0 Å². The summed E-state index contributed by atoms with van der Waals surface area (Å²) in [7, 11) is 0. The molecule has 0 bridgehead atoms. The van der Waals surface area contributed by atoms with Crippen molar-refractivity contribution in [3.8, 4) is 5.75 Å². The van der Waals surface area contributed by atoms with Gasteiger partial charge in [0, 0.05) is 6.54 Å². The highest BCUT2D eigenvalue weighted by Crippen LogP contribution is 2.19. The Hall–Kier alpha value is -3.22. The van der Waals surface area contributed by atoms with Gasteiger partial charge in [0.05, 0.1) is 18.2 Å². The molecular formula is C22H32N4O8. The van der Waals surface area contributed by atoms with Crippen LogP contribution in [0.1, 0.15) is 32.3 Å². The molecule has 1 aliphatic rings. The Balaban J connectivity index is 2.07. The van der Waals surface area contributed by atoms with Crippen LogP contribution in [-0.4, -0.2) is 91.9 Å². The quantitative estimate of drug-likeness (QED) is 0.199. The molecule has 1 aromatic rings. The average Bonchev–Trinajstić information content (AvgIpc) is 3.26. The van der Waals surface area contributed by atoms with E-state index in [-0.39, 0.29) is 25.1 Å². The Labute approximate surface area is 196 Å². The summed E-state index contributed by atoms with van der Waals surface area (Å²) in [5.74, 6) is -3.57. The second kappa shape index (κ2) is 11.8. The molecule has 1 heterocycles. The highest BCUT2D eigenvalue weighted by molar-refractivity contribution is 5.94. The predicted octanol–water partition coefficient (Wildman–Crippen LogP) is -1.93. The van der Waals surface area contributed by atoms with Crippen molar-refractivity contribution < 1.29 is 39.6 Å². The van der Waals surface area contributed by atoms with Crippen LogP contribution < -0.4 is 16.4 Å². The van der Waals surface area contributed by atoms with Crippen molar-refractivity contribution in [2.75, 3.05) is 6.54 Å². The molecular weight excluding hydrogens is 448 g/mol. The maximum absolute atomic E-state index is 12.9. The van der Waals surface area contributed by atoms with Gasteiger partial charge in [-0.15, -0.1) is 0 Å². The molecule has 3 amide bonds. The van der Waals surface area contributed by atoms with Gasteiger partial charge >= 0.3 is 5.97 Å². The Bertz CT molecular complexity index is 889. The highest BCUT2D eigenvalue weighted by Gasteiger charge is 2.40. The number of carbonyl (C=O) groups excluding carboxylic acids is 3. The largest absolute Gasteiger partial charge is 0.508 e. The Kier molecular flexibility index (Phi) is 9.36. The van der Waals surface area contributed by atoms with Crippen molar-refractivity contribution in [3.05, 3.63) is 29.8 Å². The molecule has 0 aliphatic carbocycles. The summed E-state index contributed by atoms with van der Waals surface area (Å²) in [5.41, 5.74) is 6.58. The van der Waals surface area contributed by atoms with Gasteiger partial charge in [-0.25, -0.2) is 4.79 Å². The molecule has 2 rings (SSSR count). The minimum Gasteiger partial charge on any atom is -0.508 e. The number of aliphatic hydroxyl groups is 2. The van der Waals surface area contributed by atoms with E-state index in [9.17, 15) is 39.6 Å². The molecule has 8 N–H and O–H groups in total. The minimum atomic E-state index is -1.48. The second-order valence-electron chi connectivity index (χ2n) is 8.46. The lowest BCUT2D eigenvalue weighted by Crippen LogP contribution is -2.62. The van der Waals surface area contributed by atoms with Crippen LogP contribution in [0.3, 0.4) is 0 Å². The van der Waals surface area contributed by atoms with Crippen LogP contribution in [0.2, 0.25) is 0 Å². The van der Waals surface area contributed by atoms with Crippen LogP contribution in [0.15, 0.2) is 24.3 Å². The Morgan fingerprint density at radius 1 is 1.03 bits per heavy atom. The zero-order valence-electron chi connectivity index (χ0n) is 19.0. The van der Waals surface area contributed by atoms with E-state index in [1.54, 1.807) is 12.1 Å². The van der Waals surface area contributed by atoms with Crippen LogP contribution in [-0.2, 0) is 25.6 Å². The van der Waals surface area contributed by atoms with E-state index in [4.69, 9.17) is 5.73 Å². The third-order valence-electron chi connectivity index (χ3n) is 5.66. The van der Waals surface area contributed by atoms with Crippen LogP contribution in [0.25, 0.3) is 0 Å². The second-order valence-corrected chi connectivity index (χ2v) is 8.46. The SMILES string of the molecule is CC(O)C(NC(=O)C(N)Cc1ccc(O)cc1)C(=O)NC(C(=O)N1CCCC1C(=O)O)C(C)O. The first-order valence-electron chi connectivity index (χ1n) is 11.0. The summed E-state index contributed by atoms with van der Waals surface area (Å²) in [4.78, 5) is 50.8. The van der Waals surface area contributed by atoms with Crippen LogP contribution in [0.5, 0.6) is 5.75 Å². The number of benzene rings is 1. The summed E-state index contributed by atoms with van der Waals surface area (Å²) >= 11 is 0. The molecule has 0 aromatic heterocycles. The van der Waals surface area contributed by atoms with Crippen LogP contribution in [0.4, 0.5) is 0 Å². The van der Waals surface area contributed by atoms with Crippen molar-refractivity contribution in [1.29, 1.82) is 0 Å². The van der Waals surface area contributed by atoms with Gasteiger partial charge in [0.25, 0.3) is 0 Å². The van der Waals surface area contributed by atoms with Crippen molar-refractivity contribution in [1.82, 2.24) is 15.5 Å². The number of phenols is 1. The topological polar surface area (TPSA) is 203 Å². The number of rotatable bonds is 10. The summed E-state index contributed by atoms with van der Waals surface area (Å²) in [6, 6.07) is 0.955. The number of aliphatic carboxylic acids is 1. The van der Waals surface area contributed by atoms with Gasteiger partial charge in [-0.2, -0.15) is 0 Å². The zero-order chi connectivity index (χ0) is 25.6. The third-order valence-corrected chi connectivity index (χ3v) is 5.66. The van der Waals surface area contributed by atoms with Gasteiger partial charge in [0.2, 0.25) is 17.7 Å². The molecule has 6 atom stereocenters. The fourth-order valence-electron chi connectivity index (χ4n) is 3.74. The number of phenolic OH excluding ortho intramolecular Hbond substituents is 1. The summed E-state index contributed by atoms with van der Waals surface area (Å²) in [6.45, 7) is 2.69. The van der Waals surface area contributed by atoms with E-state index in [0.29, 0.717) is 12.0 Å². The number of nitrogens with one attached hydrogen (secondary N) is 2. The molecule has 0 radical (unpaired) electrons. The number of hydrogen-bond donors (Lipinski definition) is 7. The van der Waals surface area contributed by atoms with Crippen LogP contribution >= 0.6 is 0 Å². The molecule has 0 spiro atoms. The lowest BCUT2D eigenvalue weighted by Gasteiger charge is -2.30. The van der Waals surface area contributed by atoms with Gasteiger partial charge in [0.1, 0.15) is 23.9 Å². The van der Waals surface area contributed by atoms with Gasteiger partial charge < -0.3 is 41.7 Å².